The first kappa shape index (κ1) is 23.0. The number of rotatable bonds is 5. The molecule has 1 unspecified atom stereocenters. The largest absolute Gasteiger partial charge is 0.507 e. The Hall–Kier alpha value is -4.18. The Bertz CT molecular complexity index is 1310. The Labute approximate surface area is 198 Å². The number of phenolic OH excluding ortho intramolecular Hbond substituents is 1. The molecular weight excluding hydrogens is 428 g/mol. The van der Waals surface area contributed by atoms with Crippen molar-refractivity contribution < 1.29 is 14.7 Å². The van der Waals surface area contributed by atoms with Gasteiger partial charge in [-0.15, -0.1) is 0 Å². The number of amides is 2. The molecule has 1 aliphatic rings. The molecule has 2 amide bonds. The van der Waals surface area contributed by atoms with Gasteiger partial charge >= 0.3 is 0 Å². The standard InChI is InChI=1S/C27H26N4O3/c1-18-6-4-5-13-31(18)26(33)15-19-9-10-21(24-8-3-2-7-23(19)24)17-29-30-27(34)20-11-12-25(32)22(14-20)16-28/h2-3,7-12,14,17-18,32H,4-6,13,15H2,1H3,(H,30,34). The maximum absolute atomic E-state index is 13.0. The lowest BCUT2D eigenvalue weighted by atomic mass is 9.96. The number of phenols is 1. The zero-order chi connectivity index (χ0) is 24.1. The average molecular weight is 455 g/mol. The van der Waals surface area contributed by atoms with E-state index in [4.69, 9.17) is 5.26 Å². The van der Waals surface area contributed by atoms with Crippen LogP contribution in [0.5, 0.6) is 5.75 Å². The monoisotopic (exact) mass is 454 g/mol. The van der Waals surface area contributed by atoms with E-state index >= 15 is 0 Å². The molecule has 0 saturated carbocycles. The van der Waals surface area contributed by atoms with Gasteiger partial charge in [-0.25, -0.2) is 5.43 Å². The summed E-state index contributed by atoms with van der Waals surface area (Å²) in [6, 6.07) is 17.8. The summed E-state index contributed by atoms with van der Waals surface area (Å²) in [5, 5.41) is 24.6. The van der Waals surface area contributed by atoms with Crippen molar-refractivity contribution in [2.75, 3.05) is 6.54 Å². The number of nitriles is 1. The van der Waals surface area contributed by atoms with Crippen molar-refractivity contribution >= 4 is 28.8 Å². The number of hydrazone groups is 1. The van der Waals surface area contributed by atoms with E-state index < -0.39 is 5.91 Å². The van der Waals surface area contributed by atoms with Crippen molar-refractivity contribution in [3.63, 3.8) is 0 Å². The van der Waals surface area contributed by atoms with Gasteiger partial charge in [0.1, 0.15) is 11.8 Å². The Morgan fingerprint density at radius 1 is 1.18 bits per heavy atom. The van der Waals surface area contributed by atoms with Crippen molar-refractivity contribution in [3.05, 3.63) is 76.9 Å². The van der Waals surface area contributed by atoms with E-state index in [9.17, 15) is 14.7 Å². The summed E-state index contributed by atoms with van der Waals surface area (Å²) in [6.45, 7) is 2.93. The summed E-state index contributed by atoms with van der Waals surface area (Å²) in [7, 11) is 0. The van der Waals surface area contributed by atoms with Crippen LogP contribution in [0, 0.1) is 11.3 Å². The molecule has 2 N–H and O–H groups in total. The maximum atomic E-state index is 13.0. The molecule has 0 radical (unpaired) electrons. The third-order valence-corrected chi connectivity index (χ3v) is 6.26. The number of fused-ring (bicyclic) bond motifs is 1. The van der Waals surface area contributed by atoms with Crippen LogP contribution in [-0.2, 0) is 11.2 Å². The Morgan fingerprint density at radius 3 is 2.74 bits per heavy atom. The summed E-state index contributed by atoms with van der Waals surface area (Å²) in [5.74, 6) is -0.520. The van der Waals surface area contributed by atoms with Gasteiger partial charge in [0.05, 0.1) is 18.2 Å². The van der Waals surface area contributed by atoms with Gasteiger partial charge in [-0.2, -0.15) is 10.4 Å². The zero-order valence-corrected chi connectivity index (χ0v) is 19.0. The molecule has 0 aliphatic carbocycles. The van der Waals surface area contributed by atoms with E-state index in [1.807, 2.05) is 47.4 Å². The molecule has 0 aromatic heterocycles. The van der Waals surface area contributed by atoms with Gasteiger partial charge in [-0.3, -0.25) is 9.59 Å². The van der Waals surface area contributed by atoms with Crippen molar-refractivity contribution in [2.45, 2.75) is 38.6 Å². The number of carbonyl (C=O) groups excluding carboxylic acids is 2. The van der Waals surface area contributed by atoms with Crippen LogP contribution >= 0.6 is 0 Å². The number of likely N-dealkylation sites (tertiary alicyclic amines) is 1. The average Bonchev–Trinajstić information content (AvgIpc) is 2.85. The summed E-state index contributed by atoms with van der Waals surface area (Å²) in [4.78, 5) is 27.3. The van der Waals surface area contributed by atoms with Gasteiger partial charge in [0, 0.05) is 23.7 Å². The number of nitrogens with zero attached hydrogens (tertiary/aromatic N) is 3. The molecule has 1 fully saturated rings. The molecular formula is C27H26N4O3. The highest BCUT2D eigenvalue weighted by Gasteiger charge is 2.23. The third-order valence-electron chi connectivity index (χ3n) is 6.26. The zero-order valence-electron chi connectivity index (χ0n) is 19.0. The molecule has 1 aliphatic heterocycles. The number of carbonyl (C=O) groups is 2. The number of hydrogen-bond donors (Lipinski definition) is 2. The molecule has 0 spiro atoms. The van der Waals surface area contributed by atoms with Crippen LogP contribution in [0.15, 0.2) is 59.7 Å². The smallest absolute Gasteiger partial charge is 0.271 e. The Morgan fingerprint density at radius 2 is 1.97 bits per heavy atom. The van der Waals surface area contributed by atoms with E-state index in [-0.39, 0.29) is 28.8 Å². The van der Waals surface area contributed by atoms with Gasteiger partial charge in [-0.1, -0.05) is 36.4 Å². The fourth-order valence-electron chi connectivity index (χ4n) is 4.38. The highest BCUT2D eigenvalue weighted by atomic mass is 16.3. The first-order chi connectivity index (χ1) is 16.5. The second-order valence-corrected chi connectivity index (χ2v) is 8.51. The van der Waals surface area contributed by atoms with E-state index in [0.29, 0.717) is 6.42 Å². The first-order valence-corrected chi connectivity index (χ1v) is 11.3. The second-order valence-electron chi connectivity index (χ2n) is 8.51. The van der Waals surface area contributed by atoms with Gasteiger partial charge < -0.3 is 10.0 Å². The quantitative estimate of drug-likeness (QED) is 0.447. The fourth-order valence-corrected chi connectivity index (χ4v) is 4.38. The van der Waals surface area contributed by atoms with E-state index in [1.54, 1.807) is 6.21 Å². The molecule has 4 rings (SSSR count). The van der Waals surface area contributed by atoms with Crippen LogP contribution in [-0.4, -0.2) is 40.6 Å². The molecule has 7 heteroatoms. The minimum Gasteiger partial charge on any atom is -0.507 e. The second kappa shape index (κ2) is 10.2. The SMILES string of the molecule is CC1CCCCN1C(=O)Cc1ccc(C=NNC(=O)c2ccc(O)c(C#N)c2)c2ccccc12. The van der Waals surface area contributed by atoms with Crippen molar-refractivity contribution in [3.8, 4) is 11.8 Å². The molecule has 7 nitrogen and oxygen atoms in total. The van der Waals surface area contributed by atoms with Crippen LogP contribution in [0.1, 0.15) is 53.2 Å². The van der Waals surface area contributed by atoms with Crippen molar-refractivity contribution in [1.82, 2.24) is 10.3 Å². The summed E-state index contributed by atoms with van der Waals surface area (Å²) in [5.41, 5.74) is 4.47. The predicted molar refractivity (Wildman–Crippen MR) is 131 cm³/mol. The van der Waals surface area contributed by atoms with Gasteiger partial charge in [-0.05, 0) is 60.7 Å². The van der Waals surface area contributed by atoms with Crippen molar-refractivity contribution in [2.24, 2.45) is 5.10 Å². The van der Waals surface area contributed by atoms with E-state index in [1.165, 1.54) is 24.6 Å². The van der Waals surface area contributed by atoms with Crippen LogP contribution in [0.2, 0.25) is 0 Å². The minimum absolute atomic E-state index is 0.0201. The fraction of sp³-hybridized carbons (Fsp3) is 0.259. The van der Waals surface area contributed by atoms with E-state index in [2.05, 4.69) is 17.5 Å². The van der Waals surface area contributed by atoms with Gasteiger partial charge in [0.15, 0.2) is 0 Å². The Kier molecular flexibility index (Phi) is 6.88. The highest BCUT2D eigenvalue weighted by molar-refractivity contribution is 6.03. The van der Waals surface area contributed by atoms with Crippen LogP contribution in [0.25, 0.3) is 10.8 Å². The summed E-state index contributed by atoms with van der Waals surface area (Å²) >= 11 is 0. The normalized spacial score (nSPS) is 15.9. The molecule has 0 bridgehead atoms. The van der Waals surface area contributed by atoms with E-state index in [0.717, 1.165) is 41.3 Å². The highest BCUT2D eigenvalue weighted by Crippen LogP contribution is 2.24. The molecule has 34 heavy (non-hydrogen) atoms. The van der Waals surface area contributed by atoms with Gasteiger partial charge in [0.2, 0.25) is 5.91 Å². The number of benzene rings is 3. The first-order valence-electron chi connectivity index (χ1n) is 11.3. The molecule has 1 heterocycles. The summed E-state index contributed by atoms with van der Waals surface area (Å²) < 4.78 is 0. The molecule has 3 aromatic carbocycles. The molecule has 1 atom stereocenters. The van der Waals surface area contributed by atoms with Crippen LogP contribution in [0.3, 0.4) is 0 Å². The Balaban J connectivity index is 1.52. The lowest BCUT2D eigenvalue weighted by molar-refractivity contribution is -0.133. The maximum Gasteiger partial charge on any atom is 0.271 e. The molecule has 3 aromatic rings. The number of hydrogen-bond acceptors (Lipinski definition) is 5. The molecule has 1 saturated heterocycles. The number of nitrogens with one attached hydrogen (secondary N) is 1. The minimum atomic E-state index is -0.491. The molecule has 172 valence electrons. The van der Waals surface area contributed by atoms with Crippen LogP contribution in [0.4, 0.5) is 0 Å². The van der Waals surface area contributed by atoms with Crippen molar-refractivity contribution in [1.29, 1.82) is 5.26 Å². The van der Waals surface area contributed by atoms with Gasteiger partial charge in [0.25, 0.3) is 5.91 Å². The lowest BCUT2D eigenvalue weighted by Crippen LogP contribution is -2.42. The predicted octanol–water partition coefficient (Wildman–Crippen LogP) is 4.12. The summed E-state index contributed by atoms with van der Waals surface area (Å²) in [6.07, 6.45) is 5.19. The number of piperidine rings is 1. The lowest BCUT2D eigenvalue weighted by Gasteiger charge is -2.33. The third kappa shape index (κ3) is 4.91. The van der Waals surface area contributed by atoms with Crippen LogP contribution < -0.4 is 5.43 Å². The topological polar surface area (TPSA) is 106 Å². The number of aromatic hydroxyl groups is 1.